The van der Waals surface area contributed by atoms with E-state index in [-0.39, 0.29) is 41.2 Å². The van der Waals surface area contributed by atoms with Crippen molar-refractivity contribution in [1.29, 1.82) is 0 Å². The number of piperidine rings is 1. The van der Waals surface area contributed by atoms with Crippen molar-refractivity contribution < 1.29 is 19.1 Å². The Morgan fingerprint density at radius 3 is 2.31 bits per heavy atom. The van der Waals surface area contributed by atoms with Crippen LogP contribution in [0.4, 0.5) is 4.79 Å². The molecule has 7 nitrogen and oxygen atoms in total. The zero-order valence-electron chi connectivity index (χ0n) is 21.5. The van der Waals surface area contributed by atoms with Gasteiger partial charge in [0.15, 0.2) is 0 Å². The van der Waals surface area contributed by atoms with Crippen LogP contribution in [0.15, 0.2) is 24.3 Å². The summed E-state index contributed by atoms with van der Waals surface area (Å²) in [5.74, 6) is 1.000. The Balaban J connectivity index is 1.23. The molecule has 2 unspecified atom stereocenters. The first-order valence-electron chi connectivity index (χ1n) is 13.5. The van der Waals surface area contributed by atoms with Crippen molar-refractivity contribution >= 4 is 29.5 Å². The molecule has 1 aromatic carbocycles. The number of likely N-dealkylation sites (N-methyl/N-ethyl adjacent to an activating group) is 1. The number of rotatable bonds is 7. The summed E-state index contributed by atoms with van der Waals surface area (Å²) in [5.41, 5.74) is 0.901. The standard InChI is InChI=1S/C28H38ClN3O4/c1-28(12-13-28)26(34)31-14-9-21(10-15-31)25(33)32-17-23(20-5-7-22(29)8-6-20)24(18-32)30(2)27(35)36-16-11-19-3-4-19/h5-8,19,21,23-24H,3-4,9-18H2,1-2H3. The Kier molecular flexibility index (Phi) is 7.21. The summed E-state index contributed by atoms with van der Waals surface area (Å²) >= 11 is 6.13. The van der Waals surface area contributed by atoms with Gasteiger partial charge >= 0.3 is 6.09 Å². The van der Waals surface area contributed by atoms with Gasteiger partial charge in [-0.3, -0.25) is 9.59 Å². The van der Waals surface area contributed by atoms with Crippen LogP contribution in [0.2, 0.25) is 5.02 Å². The molecule has 0 aromatic heterocycles. The molecule has 0 bridgehead atoms. The number of benzene rings is 1. The van der Waals surface area contributed by atoms with Crippen molar-refractivity contribution in [2.45, 2.75) is 63.8 Å². The van der Waals surface area contributed by atoms with Crippen LogP contribution in [0.5, 0.6) is 0 Å². The van der Waals surface area contributed by atoms with Gasteiger partial charge < -0.3 is 19.4 Å². The van der Waals surface area contributed by atoms with E-state index in [1.54, 1.807) is 11.9 Å². The van der Waals surface area contributed by atoms with Gasteiger partial charge in [0, 0.05) is 55.5 Å². The number of nitrogens with zero attached hydrogens (tertiary/aromatic N) is 3. The van der Waals surface area contributed by atoms with Gasteiger partial charge in [-0.1, -0.05) is 43.5 Å². The van der Waals surface area contributed by atoms with Crippen LogP contribution in [0.1, 0.15) is 63.4 Å². The largest absolute Gasteiger partial charge is 0.449 e. The summed E-state index contributed by atoms with van der Waals surface area (Å²) in [5, 5.41) is 0.662. The third-order valence-corrected chi connectivity index (χ3v) is 9.03. The van der Waals surface area contributed by atoms with E-state index in [0.717, 1.165) is 24.8 Å². The van der Waals surface area contributed by atoms with Crippen LogP contribution >= 0.6 is 11.6 Å². The summed E-state index contributed by atoms with van der Waals surface area (Å²) in [6.45, 7) is 4.83. The molecule has 4 aliphatic rings. The molecular formula is C28H38ClN3O4. The summed E-state index contributed by atoms with van der Waals surface area (Å²) in [6.07, 6.45) is 6.42. The van der Waals surface area contributed by atoms with Crippen LogP contribution in [-0.2, 0) is 14.3 Å². The molecule has 196 valence electrons. The molecule has 3 amide bonds. The molecule has 8 heteroatoms. The molecule has 0 spiro atoms. The number of carbonyl (C=O) groups is 3. The number of likely N-dealkylation sites (tertiary alicyclic amines) is 2. The van der Waals surface area contributed by atoms with Crippen LogP contribution in [-0.4, -0.2) is 78.5 Å². The molecule has 2 saturated carbocycles. The van der Waals surface area contributed by atoms with Gasteiger partial charge in [0.1, 0.15) is 0 Å². The average Bonchev–Trinajstić information content (AvgIpc) is 3.81. The lowest BCUT2D eigenvalue weighted by Gasteiger charge is -2.34. The topological polar surface area (TPSA) is 70.2 Å². The molecule has 0 radical (unpaired) electrons. The molecule has 0 N–H and O–H groups in total. The van der Waals surface area contributed by atoms with Gasteiger partial charge in [-0.25, -0.2) is 4.79 Å². The highest BCUT2D eigenvalue weighted by Gasteiger charge is 2.48. The van der Waals surface area contributed by atoms with E-state index in [1.165, 1.54) is 12.8 Å². The van der Waals surface area contributed by atoms with E-state index in [0.29, 0.717) is 56.6 Å². The number of hydrogen-bond acceptors (Lipinski definition) is 4. The molecule has 5 rings (SSSR count). The molecule has 2 aliphatic heterocycles. The quantitative estimate of drug-likeness (QED) is 0.534. The minimum Gasteiger partial charge on any atom is -0.449 e. The van der Waals surface area contributed by atoms with Gasteiger partial charge in [-0.2, -0.15) is 0 Å². The molecule has 36 heavy (non-hydrogen) atoms. The Hall–Kier alpha value is -2.28. The van der Waals surface area contributed by atoms with Crippen LogP contribution in [0.3, 0.4) is 0 Å². The number of hydrogen-bond donors (Lipinski definition) is 0. The molecule has 2 aliphatic carbocycles. The molecule has 2 atom stereocenters. The van der Waals surface area contributed by atoms with Crippen molar-refractivity contribution in [1.82, 2.24) is 14.7 Å². The normalized spacial score (nSPS) is 25.5. The van der Waals surface area contributed by atoms with Gasteiger partial charge in [0.05, 0.1) is 12.6 Å². The van der Waals surface area contributed by atoms with Crippen molar-refractivity contribution in [3.8, 4) is 0 Å². The predicted octanol–water partition coefficient (Wildman–Crippen LogP) is 4.54. The monoisotopic (exact) mass is 515 g/mol. The summed E-state index contributed by atoms with van der Waals surface area (Å²) in [4.78, 5) is 44.7. The first-order chi connectivity index (χ1) is 17.2. The van der Waals surface area contributed by atoms with Crippen molar-refractivity contribution in [3.05, 3.63) is 34.9 Å². The van der Waals surface area contributed by atoms with E-state index >= 15 is 0 Å². The fourth-order valence-corrected chi connectivity index (χ4v) is 5.85. The number of carbonyl (C=O) groups excluding carboxylic acids is 3. The van der Waals surface area contributed by atoms with Crippen molar-refractivity contribution in [2.75, 3.05) is 39.8 Å². The van der Waals surface area contributed by atoms with Crippen molar-refractivity contribution in [3.63, 3.8) is 0 Å². The first kappa shape index (κ1) is 25.4. The highest BCUT2D eigenvalue weighted by atomic mass is 35.5. The lowest BCUT2D eigenvalue weighted by Crippen LogP contribution is -2.46. The third-order valence-electron chi connectivity index (χ3n) is 8.78. The van der Waals surface area contributed by atoms with Crippen LogP contribution in [0, 0.1) is 17.3 Å². The third kappa shape index (κ3) is 5.51. The Bertz CT molecular complexity index is 983. The van der Waals surface area contributed by atoms with E-state index < -0.39 is 0 Å². The van der Waals surface area contributed by atoms with Gasteiger partial charge in [0.2, 0.25) is 11.8 Å². The van der Waals surface area contributed by atoms with E-state index in [2.05, 4.69) is 0 Å². The second-order valence-electron chi connectivity index (χ2n) is 11.6. The second-order valence-corrected chi connectivity index (χ2v) is 12.0. The summed E-state index contributed by atoms with van der Waals surface area (Å²) in [6, 6.07) is 7.53. The van der Waals surface area contributed by atoms with Gasteiger partial charge in [0.25, 0.3) is 0 Å². The first-order valence-corrected chi connectivity index (χ1v) is 13.9. The highest BCUT2D eigenvalue weighted by molar-refractivity contribution is 6.30. The van der Waals surface area contributed by atoms with E-state index in [1.807, 2.05) is 41.0 Å². The number of amides is 3. The van der Waals surface area contributed by atoms with E-state index in [9.17, 15) is 14.4 Å². The lowest BCUT2D eigenvalue weighted by atomic mass is 9.93. The fourth-order valence-electron chi connectivity index (χ4n) is 5.72. The lowest BCUT2D eigenvalue weighted by molar-refractivity contribution is -0.142. The highest BCUT2D eigenvalue weighted by Crippen LogP contribution is 2.47. The molecule has 2 saturated heterocycles. The van der Waals surface area contributed by atoms with Crippen LogP contribution < -0.4 is 0 Å². The molecular weight excluding hydrogens is 478 g/mol. The molecule has 2 heterocycles. The predicted molar refractivity (Wildman–Crippen MR) is 138 cm³/mol. The minimum atomic E-state index is -0.325. The fraction of sp³-hybridized carbons (Fsp3) is 0.679. The maximum absolute atomic E-state index is 13.6. The minimum absolute atomic E-state index is 0.0105. The second kappa shape index (κ2) is 10.2. The zero-order valence-corrected chi connectivity index (χ0v) is 22.2. The number of halogens is 1. The van der Waals surface area contributed by atoms with Crippen LogP contribution in [0.25, 0.3) is 0 Å². The molecule has 1 aromatic rings. The maximum atomic E-state index is 13.6. The van der Waals surface area contributed by atoms with Gasteiger partial charge in [-0.05, 0) is 55.7 Å². The van der Waals surface area contributed by atoms with Crippen molar-refractivity contribution in [2.24, 2.45) is 17.3 Å². The maximum Gasteiger partial charge on any atom is 0.409 e. The SMILES string of the molecule is CN(C(=O)OCCC1CC1)C1CN(C(=O)C2CCN(C(=O)C3(C)CC3)CC2)CC1c1ccc(Cl)cc1. The average molecular weight is 516 g/mol. The smallest absolute Gasteiger partial charge is 0.409 e. The zero-order chi connectivity index (χ0) is 25.4. The Morgan fingerprint density at radius 2 is 1.69 bits per heavy atom. The summed E-state index contributed by atoms with van der Waals surface area (Å²) in [7, 11) is 1.78. The van der Waals surface area contributed by atoms with Gasteiger partial charge in [-0.15, -0.1) is 0 Å². The molecule has 4 fully saturated rings. The summed E-state index contributed by atoms with van der Waals surface area (Å²) < 4.78 is 5.57. The Morgan fingerprint density at radius 1 is 1.03 bits per heavy atom. The number of ether oxygens (including phenoxy) is 1. The Labute approximate surface area is 219 Å². The van der Waals surface area contributed by atoms with E-state index in [4.69, 9.17) is 16.3 Å².